The summed E-state index contributed by atoms with van der Waals surface area (Å²) in [4.78, 5) is 0. The zero-order chi connectivity index (χ0) is 37.5. The average Bonchev–Trinajstić information content (AvgIpc) is 3.47. The van der Waals surface area contributed by atoms with Gasteiger partial charge in [0, 0.05) is 31.2 Å². The summed E-state index contributed by atoms with van der Waals surface area (Å²) >= 11 is 0. The number of aliphatic hydroxyl groups excluding tert-OH is 6. The standard InChI is InChI=1S/C34H65N5O13/c35-13-21-20(42)12-19(38)33(49-21)52-30-23(15-41)48-31(32(30)47-10-9-46-8-4-7-16-5-2-1-3-6-16)24-26(43)17(36)11-18(37)29(24)51-34-25(39)28(45)27(44)22(14-40)50-34/h16-34,40-45H,1-15,35-39H2/t17-,18+,19-,20+,21+,22-,23-,24-,25-,26+,27-,28-,29-,30-,31?,32-,33-,34-/m1/s1. The van der Waals surface area contributed by atoms with E-state index < -0.39 is 123 Å². The summed E-state index contributed by atoms with van der Waals surface area (Å²) in [7, 11) is 0. The lowest BCUT2D eigenvalue weighted by molar-refractivity contribution is -0.295. The predicted molar refractivity (Wildman–Crippen MR) is 184 cm³/mol. The first-order chi connectivity index (χ1) is 25.0. The largest absolute Gasteiger partial charge is 0.394 e. The molecule has 3 aliphatic heterocycles. The van der Waals surface area contributed by atoms with Gasteiger partial charge in [-0.15, -0.1) is 0 Å². The molecule has 16 N–H and O–H groups in total. The number of rotatable bonds is 16. The second kappa shape index (κ2) is 19.9. The maximum atomic E-state index is 11.7. The molecule has 18 atom stereocenters. The molecule has 5 fully saturated rings. The van der Waals surface area contributed by atoms with Gasteiger partial charge in [-0.05, 0) is 31.6 Å². The third kappa shape index (κ3) is 9.98. The van der Waals surface area contributed by atoms with E-state index in [9.17, 15) is 30.6 Å². The monoisotopic (exact) mass is 751 g/mol. The van der Waals surface area contributed by atoms with Gasteiger partial charge in [-0.3, -0.25) is 0 Å². The fraction of sp³-hybridized carbons (Fsp3) is 1.00. The smallest absolute Gasteiger partial charge is 0.176 e. The molecule has 0 bridgehead atoms. The Kier molecular flexibility index (Phi) is 16.3. The Bertz CT molecular complexity index is 1050. The van der Waals surface area contributed by atoms with Crippen LogP contribution in [0.5, 0.6) is 0 Å². The molecular formula is C34H65N5O13. The Labute approximate surface area is 305 Å². The Hall–Kier alpha value is -0.720. The lowest BCUT2D eigenvalue weighted by atomic mass is 9.74. The maximum absolute atomic E-state index is 11.7. The highest BCUT2D eigenvalue weighted by molar-refractivity contribution is 5.07. The lowest BCUT2D eigenvalue weighted by Gasteiger charge is -2.49. The van der Waals surface area contributed by atoms with Crippen LogP contribution in [0.3, 0.4) is 0 Å². The zero-order valence-electron chi connectivity index (χ0n) is 30.0. The lowest BCUT2D eigenvalue weighted by Crippen LogP contribution is -2.67. The van der Waals surface area contributed by atoms with Crippen LogP contribution in [0.25, 0.3) is 0 Å². The second-order valence-corrected chi connectivity index (χ2v) is 15.3. The van der Waals surface area contributed by atoms with Gasteiger partial charge < -0.3 is 92.5 Å². The molecule has 2 aliphatic carbocycles. The minimum Gasteiger partial charge on any atom is -0.394 e. The van der Waals surface area contributed by atoms with Crippen molar-refractivity contribution in [2.45, 2.75) is 162 Å². The first kappa shape index (κ1) is 42.4. The molecule has 5 aliphatic rings. The zero-order valence-corrected chi connectivity index (χ0v) is 30.0. The van der Waals surface area contributed by atoms with E-state index in [0.29, 0.717) is 6.61 Å². The van der Waals surface area contributed by atoms with Crippen molar-refractivity contribution >= 4 is 0 Å². The SMILES string of the molecule is NC[C@@H]1O[C@H](O[C@@H]2[C@@H](CO)OC([C@@H]3[C@@H](O)[C@H](N)C[C@H](N)[C@H]3O[C@H]3O[C@H](CO)[C@@H](O)[C@H](O)[C@H]3N)[C@@H]2OCCOCCCC2CCCCC2)[C@H](N)C[C@@H]1O. The number of aliphatic hydroxyl groups is 6. The number of hydrogen-bond donors (Lipinski definition) is 11. The first-order valence-electron chi connectivity index (χ1n) is 19.1. The molecular weight excluding hydrogens is 686 g/mol. The van der Waals surface area contributed by atoms with Crippen molar-refractivity contribution < 1.29 is 63.8 Å². The molecule has 0 aromatic heterocycles. The molecule has 5 rings (SSSR count). The van der Waals surface area contributed by atoms with Gasteiger partial charge in [0.2, 0.25) is 0 Å². The van der Waals surface area contributed by atoms with E-state index in [1.807, 2.05) is 0 Å². The van der Waals surface area contributed by atoms with Crippen LogP contribution in [-0.2, 0) is 33.2 Å². The van der Waals surface area contributed by atoms with Crippen LogP contribution < -0.4 is 28.7 Å². The molecule has 0 spiro atoms. The van der Waals surface area contributed by atoms with Crippen LogP contribution in [0.15, 0.2) is 0 Å². The van der Waals surface area contributed by atoms with Crippen LogP contribution >= 0.6 is 0 Å². The fourth-order valence-electron chi connectivity index (χ4n) is 8.57. The second-order valence-electron chi connectivity index (χ2n) is 15.3. The van der Waals surface area contributed by atoms with Crippen molar-refractivity contribution in [3.8, 4) is 0 Å². The fourth-order valence-corrected chi connectivity index (χ4v) is 8.57. The van der Waals surface area contributed by atoms with Crippen LogP contribution in [0.2, 0.25) is 0 Å². The van der Waals surface area contributed by atoms with Crippen molar-refractivity contribution in [3.05, 3.63) is 0 Å². The molecule has 3 saturated heterocycles. The third-order valence-electron chi connectivity index (χ3n) is 11.6. The number of ether oxygens (including phenoxy) is 7. The van der Waals surface area contributed by atoms with E-state index in [-0.39, 0.29) is 32.6 Å². The molecule has 1 unspecified atom stereocenters. The topological polar surface area (TPSA) is 316 Å². The first-order valence-corrected chi connectivity index (χ1v) is 19.1. The molecule has 52 heavy (non-hydrogen) atoms. The number of hydrogen-bond acceptors (Lipinski definition) is 18. The van der Waals surface area contributed by atoms with Crippen LogP contribution in [0, 0.1) is 11.8 Å². The van der Waals surface area contributed by atoms with Gasteiger partial charge in [-0.2, -0.15) is 0 Å². The summed E-state index contributed by atoms with van der Waals surface area (Å²) in [6.45, 7) is -0.155. The summed E-state index contributed by atoms with van der Waals surface area (Å²) < 4.78 is 43.2. The summed E-state index contributed by atoms with van der Waals surface area (Å²) in [5, 5.41) is 63.3. The molecule has 3 heterocycles. The number of nitrogens with two attached hydrogens (primary N) is 5. The van der Waals surface area contributed by atoms with E-state index in [1.165, 1.54) is 32.1 Å². The van der Waals surface area contributed by atoms with Crippen LogP contribution in [0.1, 0.15) is 57.8 Å². The van der Waals surface area contributed by atoms with E-state index >= 15 is 0 Å². The third-order valence-corrected chi connectivity index (χ3v) is 11.6. The van der Waals surface area contributed by atoms with Crippen molar-refractivity contribution in [2.75, 3.05) is 39.6 Å². The molecule has 0 amide bonds. The molecule has 0 aromatic carbocycles. The normalized spacial score (nSPS) is 46.4. The van der Waals surface area contributed by atoms with Gasteiger partial charge >= 0.3 is 0 Å². The van der Waals surface area contributed by atoms with Gasteiger partial charge in [-0.25, -0.2) is 0 Å². The van der Waals surface area contributed by atoms with E-state index in [4.69, 9.17) is 61.8 Å². The Morgan fingerprint density at radius 2 is 1.33 bits per heavy atom. The van der Waals surface area contributed by atoms with Gasteiger partial charge in [0.05, 0.1) is 69.0 Å². The summed E-state index contributed by atoms with van der Waals surface area (Å²) in [6, 6.07) is -3.57. The quantitative estimate of drug-likeness (QED) is 0.0667. The molecule has 2 saturated carbocycles. The van der Waals surface area contributed by atoms with E-state index in [1.54, 1.807) is 0 Å². The highest BCUT2D eigenvalue weighted by atomic mass is 16.7. The average molecular weight is 752 g/mol. The van der Waals surface area contributed by atoms with Gasteiger partial charge in [0.15, 0.2) is 12.6 Å². The Morgan fingerprint density at radius 3 is 2.02 bits per heavy atom. The molecule has 304 valence electrons. The van der Waals surface area contributed by atoms with Gasteiger partial charge in [0.25, 0.3) is 0 Å². The highest BCUT2D eigenvalue weighted by Crippen LogP contribution is 2.41. The molecule has 18 heteroatoms. The molecule has 0 aromatic rings. The van der Waals surface area contributed by atoms with Crippen molar-refractivity contribution in [3.63, 3.8) is 0 Å². The Morgan fingerprint density at radius 1 is 0.635 bits per heavy atom. The van der Waals surface area contributed by atoms with Gasteiger partial charge in [-0.1, -0.05) is 32.1 Å². The van der Waals surface area contributed by atoms with Crippen molar-refractivity contribution in [2.24, 2.45) is 40.5 Å². The van der Waals surface area contributed by atoms with E-state index in [2.05, 4.69) is 0 Å². The summed E-state index contributed by atoms with van der Waals surface area (Å²) in [5.41, 5.74) is 31.4. The van der Waals surface area contributed by atoms with Crippen LogP contribution in [-0.4, -0.2) is 174 Å². The van der Waals surface area contributed by atoms with Crippen molar-refractivity contribution in [1.29, 1.82) is 0 Å². The highest BCUT2D eigenvalue weighted by Gasteiger charge is 2.58. The van der Waals surface area contributed by atoms with Crippen LogP contribution in [0.4, 0.5) is 0 Å². The van der Waals surface area contributed by atoms with E-state index in [0.717, 1.165) is 18.8 Å². The maximum Gasteiger partial charge on any atom is 0.176 e. The van der Waals surface area contributed by atoms with Crippen molar-refractivity contribution in [1.82, 2.24) is 0 Å². The molecule has 18 nitrogen and oxygen atoms in total. The van der Waals surface area contributed by atoms with Gasteiger partial charge in [0.1, 0.15) is 36.6 Å². The summed E-state index contributed by atoms with van der Waals surface area (Å²) in [5.74, 6) is -0.257. The minimum absolute atomic E-state index is 0.0241. The minimum atomic E-state index is -1.49. The predicted octanol–water partition coefficient (Wildman–Crippen LogP) is -4.16. The molecule has 0 radical (unpaired) electrons. The summed E-state index contributed by atoms with van der Waals surface area (Å²) in [6.07, 6.45) is -5.64. The Balaban J connectivity index is 1.34.